The number of nitrogens with one attached hydrogen (secondary N) is 1. The minimum atomic E-state index is -4.36. The summed E-state index contributed by atoms with van der Waals surface area (Å²) < 4.78 is 59.3. The fourth-order valence-electron chi connectivity index (χ4n) is 5.11. The predicted molar refractivity (Wildman–Crippen MR) is 147 cm³/mol. The zero-order chi connectivity index (χ0) is 28.9. The molecule has 1 aromatic heterocycles. The number of piperidine rings is 1. The molecule has 2 heterocycles. The molecular formula is C28H30ClF4N3O3S. The molecule has 0 saturated carbocycles. The highest BCUT2D eigenvalue weighted by Gasteiger charge is 2.41. The Bertz CT molecular complexity index is 1320. The molecular weight excluding hydrogens is 570 g/mol. The van der Waals surface area contributed by atoms with Gasteiger partial charge in [0.15, 0.2) is 0 Å². The molecule has 12 heteroatoms. The van der Waals surface area contributed by atoms with Gasteiger partial charge < -0.3 is 9.64 Å². The smallest absolute Gasteiger partial charge is 0.416 e. The van der Waals surface area contributed by atoms with E-state index in [1.807, 2.05) is 0 Å². The molecule has 6 nitrogen and oxygen atoms in total. The van der Waals surface area contributed by atoms with Crippen LogP contribution in [0.1, 0.15) is 43.0 Å². The lowest BCUT2D eigenvalue weighted by Crippen LogP contribution is -2.48. The number of carbonyl (C=O) groups is 1. The third kappa shape index (κ3) is 6.99. The average Bonchev–Trinajstić information content (AvgIpc) is 2.95. The minimum Gasteiger partial charge on any atom is -0.497 e. The number of pyridine rings is 1. The quantitative estimate of drug-likeness (QED) is 0.112. The Morgan fingerprint density at radius 1 is 1.23 bits per heavy atom. The molecule has 3 aromatic rings. The van der Waals surface area contributed by atoms with Crippen LogP contribution in [0.25, 0.3) is 10.9 Å². The van der Waals surface area contributed by atoms with E-state index < -0.39 is 29.2 Å². The molecule has 2 aromatic carbocycles. The second-order valence-electron chi connectivity index (χ2n) is 9.84. The fourth-order valence-corrected chi connectivity index (χ4v) is 6.29. The van der Waals surface area contributed by atoms with Crippen molar-refractivity contribution in [3.8, 4) is 5.75 Å². The first-order valence-corrected chi connectivity index (χ1v) is 14.2. The number of hydroxylamine groups is 1. The summed E-state index contributed by atoms with van der Waals surface area (Å²) in [5.74, 6) is 0.671. The highest BCUT2D eigenvalue weighted by molar-refractivity contribution is 7.99. The van der Waals surface area contributed by atoms with E-state index in [1.165, 1.54) is 37.2 Å². The second kappa shape index (κ2) is 12.9. The summed E-state index contributed by atoms with van der Waals surface area (Å²) in [6, 6.07) is 10.2. The lowest BCUT2D eigenvalue weighted by atomic mass is 9.73. The maximum Gasteiger partial charge on any atom is 0.416 e. The van der Waals surface area contributed by atoms with E-state index in [0.29, 0.717) is 60.4 Å². The van der Waals surface area contributed by atoms with Gasteiger partial charge in [-0.15, -0.1) is 11.8 Å². The molecule has 1 saturated heterocycles. The summed E-state index contributed by atoms with van der Waals surface area (Å²) in [4.78, 5) is 19.9. The van der Waals surface area contributed by atoms with E-state index in [0.717, 1.165) is 17.0 Å². The van der Waals surface area contributed by atoms with Crippen LogP contribution in [0.3, 0.4) is 0 Å². The molecule has 2 N–H and O–H groups in total. The first kappa shape index (κ1) is 30.4. The van der Waals surface area contributed by atoms with E-state index in [9.17, 15) is 23.2 Å². The van der Waals surface area contributed by atoms with Crippen LogP contribution in [0.4, 0.5) is 17.6 Å². The number of likely N-dealkylation sites (tertiary alicyclic amines) is 1. The molecule has 0 radical (unpaired) electrons. The van der Waals surface area contributed by atoms with E-state index in [1.54, 1.807) is 23.7 Å². The monoisotopic (exact) mass is 599 g/mol. The van der Waals surface area contributed by atoms with Crippen molar-refractivity contribution < 1.29 is 32.3 Å². The van der Waals surface area contributed by atoms with Crippen molar-refractivity contribution >= 4 is 40.2 Å². The topological polar surface area (TPSA) is 74.7 Å². The van der Waals surface area contributed by atoms with Crippen LogP contribution in [0.15, 0.2) is 53.6 Å². The maximum absolute atomic E-state index is 15.7. The third-order valence-electron chi connectivity index (χ3n) is 7.51. The lowest BCUT2D eigenvalue weighted by molar-refractivity contribution is -0.143. The van der Waals surface area contributed by atoms with Gasteiger partial charge in [-0.1, -0.05) is 11.6 Å². The molecule has 1 aliphatic rings. The summed E-state index contributed by atoms with van der Waals surface area (Å²) in [6.07, 6.45) is -3.34. The third-order valence-corrected chi connectivity index (χ3v) is 8.81. The average molecular weight is 600 g/mol. The largest absolute Gasteiger partial charge is 0.497 e. The van der Waals surface area contributed by atoms with Crippen molar-refractivity contribution in [2.75, 3.05) is 32.5 Å². The molecule has 1 amide bonds. The van der Waals surface area contributed by atoms with Gasteiger partial charge in [0.25, 0.3) is 0 Å². The van der Waals surface area contributed by atoms with Gasteiger partial charge in [-0.25, -0.2) is 9.87 Å². The van der Waals surface area contributed by atoms with E-state index >= 15 is 4.39 Å². The molecule has 0 spiro atoms. The Kier molecular flexibility index (Phi) is 9.81. The summed E-state index contributed by atoms with van der Waals surface area (Å²) in [5, 5.41) is 10.2. The first-order valence-electron chi connectivity index (χ1n) is 12.8. The summed E-state index contributed by atoms with van der Waals surface area (Å²) >= 11 is 7.81. The Balaban J connectivity index is 1.36. The highest BCUT2D eigenvalue weighted by atomic mass is 35.5. The Morgan fingerprint density at radius 2 is 1.93 bits per heavy atom. The molecule has 4 rings (SSSR count). The summed E-state index contributed by atoms with van der Waals surface area (Å²) in [5.41, 5.74) is 1.02. The van der Waals surface area contributed by atoms with Gasteiger partial charge >= 0.3 is 6.18 Å². The van der Waals surface area contributed by atoms with Crippen LogP contribution in [0, 0.1) is 5.41 Å². The van der Waals surface area contributed by atoms with E-state index in [4.69, 9.17) is 16.3 Å². The molecule has 40 heavy (non-hydrogen) atoms. The van der Waals surface area contributed by atoms with Gasteiger partial charge in [0.05, 0.1) is 28.6 Å². The number of hydrogen-bond donors (Lipinski definition) is 2. The number of aromatic nitrogens is 1. The molecule has 216 valence electrons. The number of thioether (sulfide) groups is 1. The summed E-state index contributed by atoms with van der Waals surface area (Å²) in [7, 11) is 1.52. The molecule has 1 unspecified atom stereocenters. The predicted octanol–water partition coefficient (Wildman–Crippen LogP) is 7.09. The van der Waals surface area contributed by atoms with E-state index in [2.05, 4.69) is 9.88 Å². The molecule has 1 fully saturated rings. The van der Waals surface area contributed by atoms with Crippen LogP contribution in [-0.4, -0.2) is 53.5 Å². The van der Waals surface area contributed by atoms with Crippen molar-refractivity contribution in [3.05, 3.63) is 64.8 Å². The van der Waals surface area contributed by atoms with Gasteiger partial charge in [0.1, 0.15) is 11.9 Å². The molecule has 0 aliphatic carbocycles. The molecule has 1 atom stereocenters. The Hall–Kier alpha value is -2.60. The van der Waals surface area contributed by atoms with Crippen molar-refractivity contribution in [2.45, 2.75) is 42.9 Å². The number of hydrogen-bond acceptors (Lipinski definition) is 6. The lowest BCUT2D eigenvalue weighted by Gasteiger charge is -2.40. The van der Waals surface area contributed by atoms with Gasteiger partial charge in [0.2, 0.25) is 5.91 Å². The minimum absolute atomic E-state index is 0.0211. The number of nitrogens with zero attached hydrogens (tertiary/aromatic N) is 2. The number of rotatable bonds is 10. The van der Waals surface area contributed by atoms with Crippen LogP contribution in [0.5, 0.6) is 5.75 Å². The van der Waals surface area contributed by atoms with Crippen LogP contribution >= 0.6 is 23.4 Å². The van der Waals surface area contributed by atoms with Gasteiger partial charge in [-0.05, 0) is 81.2 Å². The van der Waals surface area contributed by atoms with Crippen LogP contribution in [-0.2, 0) is 11.0 Å². The number of amides is 1. The van der Waals surface area contributed by atoms with Crippen LogP contribution in [0.2, 0.25) is 5.02 Å². The normalized spacial score (nSPS) is 16.6. The summed E-state index contributed by atoms with van der Waals surface area (Å²) in [6.45, 7) is 1.80. The van der Waals surface area contributed by atoms with Crippen molar-refractivity contribution in [2.24, 2.45) is 5.41 Å². The highest BCUT2D eigenvalue weighted by Crippen LogP contribution is 2.42. The molecule has 1 aliphatic heterocycles. The zero-order valence-corrected chi connectivity index (χ0v) is 23.4. The Morgan fingerprint density at radius 3 is 2.55 bits per heavy atom. The number of benzene rings is 2. The number of halogens is 5. The second-order valence-corrected chi connectivity index (χ2v) is 11.4. The van der Waals surface area contributed by atoms with Crippen molar-refractivity contribution in [1.29, 1.82) is 0 Å². The SMILES string of the molecule is COc1ccc2ncc(Cl)c(C(F)CCC3(C(=O)NO)CCN(CCSc4ccc(C(F)(F)F)cc4)CC3)c2c1. The van der Waals surface area contributed by atoms with Crippen molar-refractivity contribution in [3.63, 3.8) is 0 Å². The zero-order valence-electron chi connectivity index (χ0n) is 21.8. The molecule has 0 bridgehead atoms. The number of methoxy groups -OCH3 is 1. The van der Waals surface area contributed by atoms with Gasteiger partial charge in [-0.3, -0.25) is 15.0 Å². The van der Waals surface area contributed by atoms with Gasteiger partial charge in [0, 0.05) is 34.3 Å². The van der Waals surface area contributed by atoms with Gasteiger partial charge in [-0.2, -0.15) is 13.2 Å². The maximum atomic E-state index is 15.7. The number of carbonyl (C=O) groups excluding carboxylic acids is 1. The standard InChI is InChI=1S/C28H30ClF4N3O3S/c1-39-19-4-7-24-21(16-19)25(22(29)17-34-24)23(30)8-9-27(26(37)35-38)10-12-36(13-11-27)14-15-40-20-5-2-18(3-6-20)28(31,32)33/h2-7,16-17,23,38H,8-15H2,1H3,(H,35,37). The van der Waals surface area contributed by atoms with Crippen LogP contribution < -0.4 is 10.2 Å². The first-order chi connectivity index (χ1) is 19.1. The number of alkyl halides is 4. The Labute approximate surface area is 239 Å². The fraction of sp³-hybridized carbons (Fsp3) is 0.429. The van der Waals surface area contributed by atoms with E-state index in [-0.39, 0.29) is 17.9 Å². The van der Waals surface area contributed by atoms with Crippen molar-refractivity contribution in [1.82, 2.24) is 15.4 Å². The number of ether oxygens (including phenoxy) is 1. The number of fused-ring (bicyclic) bond motifs is 1.